The zero-order chi connectivity index (χ0) is 57.7. The van der Waals surface area contributed by atoms with Gasteiger partial charge in [0.05, 0.1) is 20.1 Å². The number of halogens is 6. The SMILES string of the molecule is CC(=O)C1(Cc2ccccc2)CCN(CCCC2(c3ccc(Cl)c(Cl)c3)CCCN(C(=O)c3ccccc3)C2)CC1.CC(=O)C1(Cc2ccccc2)CCN(CCCC2(c3ccc(Cl)c(Cl)c3)CCCN(C(=O)c3ccccc3)C2)CC1.Cl.Cl.O. The van der Waals surface area contributed by atoms with Gasteiger partial charge in [-0.25, -0.2) is 0 Å². The number of piperidine rings is 4. The molecule has 2 amide bonds. The normalized spacial score (nSPS) is 20.3. The van der Waals surface area contributed by atoms with E-state index in [9.17, 15) is 19.2 Å². The molecule has 10 rings (SSSR count). The molecule has 456 valence electrons. The molecule has 6 aromatic rings. The molecule has 4 aliphatic heterocycles. The van der Waals surface area contributed by atoms with E-state index < -0.39 is 0 Å². The van der Waals surface area contributed by atoms with E-state index in [-0.39, 0.29) is 63.8 Å². The maximum absolute atomic E-state index is 13.5. The predicted octanol–water partition coefficient (Wildman–Crippen LogP) is 15.7. The lowest BCUT2D eigenvalue weighted by molar-refractivity contribution is -0.130. The van der Waals surface area contributed by atoms with Crippen LogP contribution in [0.5, 0.6) is 0 Å². The van der Waals surface area contributed by atoms with Gasteiger partial charge in [0.1, 0.15) is 11.6 Å². The maximum atomic E-state index is 13.5. The lowest BCUT2D eigenvalue weighted by Crippen LogP contribution is -2.49. The van der Waals surface area contributed by atoms with Crippen LogP contribution in [0.3, 0.4) is 0 Å². The van der Waals surface area contributed by atoms with Crippen LogP contribution in [-0.4, -0.2) is 114 Å². The zero-order valence-corrected chi connectivity index (χ0v) is 53.9. The molecule has 0 spiro atoms. The highest BCUT2D eigenvalue weighted by Gasteiger charge is 2.43. The van der Waals surface area contributed by atoms with Crippen molar-refractivity contribution in [2.24, 2.45) is 10.8 Å². The van der Waals surface area contributed by atoms with Crippen LogP contribution < -0.4 is 0 Å². The Morgan fingerprint density at radius 2 is 0.753 bits per heavy atom. The fourth-order valence-corrected chi connectivity index (χ4v) is 14.5. The van der Waals surface area contributed by atoms with Crippen molar-refractivity contribution in [1.82, 2.24) is 19.6 Å². The summed E-state index contributed by atoms with van der Waals surface area (Å²) in [5.74, 6) is 0.796. The smallest absolute Gasteiger partial charge is 0.253 e. The van der Waals surface area contributed by atoms with E-state index in [1.165, 1.54) is 11.1 Å². The number of nitrogens with zero attached hydrogens (tertiary/aromatic N) is 4. The highest BCUT2D eigenvalue weighted by atomic mass is 35.5. The standard InChI is InChI=1S/2C35H40Cl2N2O2.2ClH.H2O/c2*1-27(40)34(25-28-10-4-2-5-11-28)18-22-38(23-19-34)20-8-16-35(30-14-15-31(36)32(37)24-30)17-9-21-39(26-35)33(41)29-12-6-3-7-13-29;;;/h2*2-7,10-15,24H,8-9,16-23,25-26H2,1H3;2*1H;1H2. The maximum Gasteiger partial charge on any atom is 0.253 e. The van der Waals surface area contributed by atoms with Crippen molar-refractivity contribution in [2.45, 2.75) is 115 Å². The molecule has 4 aliphatic rings. The van der Waals surface area contributed by atoms with Gasteiger partial charge >= 0.3 is 0 Å². The molecule has 4 fully saturated rings. The van der Waals surface area contributed by atoms with E-state index in [0.717, 1.165) is 165 Å². The van der Waals surface area contributed by atoms with Gasteiger partial charge in [-0.05, 0) is 214 Å². The second-order valence-electron chi connectivity index (χ2n) is 24.1. The van der Waals surface area contributed by atoms with Crippen LogP contribution in [0.15, 0.2) is 158 Å². The van der Waals surface area contributed by atoms with Crippen molar-refractivity contribution in [1.29, 1.82) is 0 Å². The molecule has 0 bridgehead atoms. The van der Waals surface area contributed by atoms with Crippen LogP contribution in [0.4, 0.5) is 0 Å². The zero-order valence-electron chi connectivity index (χ0n) is 49.2. The average molecular weight is 1270 g/mol. The van der Waals surface area contributed by atoms with Crippen molar-refractivity contribution in [2.75, 3.05) is 65.4 Å². The van der Waals surface area contributed by atoms with Gasteiger partial charge < -0.3 is 25.1 Å². The molecule has 0 aliphatic carbocycles. The monoisotopic (exact) mass is 1270 g/mol. The van der Waals surface area contributed by atoms with Crippen LogP contribution in [0.1, 0.15) is 134 Å². The Morgan fingerprint density at radius 3 is 1.07 bits per heavy atom. The first-order valence-electron chi connectivity index (χ1n) is 29.8. The van der Waals surface area contributed by atoms with E-state index in [1.807, 2.05) is 107 Å². The van der Waals surface area contributed by atoms with E-state index in [2.05, 4.69) is 70.5 Å². The van der Waals surface area contributed by atoms with Crippen molar-refractivity contribution >= 4 is 94.6 Å². The molecule has 0 radical (unpaired) electrons. The second-order valence-corrected chi connectivity index (χ2v) is 25.7. The molecule has 9 nitrogen and oxygen atoms in total. The topological polar surface area (TPSA) is 113 Å². The van der Waals surface area contributed by atoms with Crippen LogP contribution in [-0.2, 0) is 33.3 Å². The van der Waals surface area contributed by atoms with Crippen LogP contribution >= 0.6 is 71.2 Å². The molecule has 0 saturated carbocycles. The molecule has 85 heavy (non-hydrogen) atoms. The van der Waals surface area contributed by atoms with Gasteiger partial charge in [0.25, 0.3) is 11.8 Å². The van der Waals surface area contributed by atoms with Gasteiger partial charge in [0, 0.05) is 59.0 Å². The number of hydrogen-bond acceptors (Lipinski definition) is 6. The third-order valence-corrected chi connectivity index (χ3v) is 20.5. The Morgan fingerprint density at radius 1 is 0.424 bits per heavy atom. The van der Waals surface area contributed by atoms with E-state index >= 15 is 0 Å². The summed E-state index contributed by atoms with van der Waals surface area (Å²) in [6, 6.07) is 51.9. The lowest BCUT2D eigenvalue weighted by Gasteiger charge is -2.44. The lowest BCUT2D eigenvalue weighted by atomic mass is 9.70. The van der Waals surface area contributed by atoms with E-state index in [1.54, 1.807) is 13.8 Å². The largest absolute Gasteiger partial charge is 0.412 e. The average Bonchev–Trinajstić information content (AvgIpc) is 3.62. The Hall–Kier alpha value is -4.78. The highest BCUT2D eigenvalue weighted by molar-refractivity contribution is 6.42. The molecule has 0 aromatic heterocycles. The number of carbonyl (C=O) groups excluding carboxylic acids is 4. The summed E-state index contributed by atoms with van der Waals surface area (Å²) in [4.78, 5) is 61.6. The fraction of sp³-hybridized carbons (Fsp3) is 0.429. The number of carbonyl (C=O) groups is 4. The molecule has 15 heteroatoms. The highest BCUT2D eigenvalue weighted by Crippen LogP contribution is 2.44. The van der Waals surface area contributed by atoms with E-state index in [4.69, 9.17) is 46.4 Å². The van der Waals surface area contributed by atoms with Gasteiger partial charge in [-0.15, -0.1) is 24.8 Å². The summed E-state index contributed by atoms with van der Waals surface area (Å²) in [7, 11) is 0. The number of amides is 2. The second kappa shape index (κ2) is 31.9. The summed E-state index contributed by atoms with van der Waals surface area (Å²) in [5.41, 5.74) is 5.39. The van der Waals surface area contributed by atoms with Crippen LogP contribution in [0.2, 0.25) is 20.1 Å². The molecular formula is C70H84Cl6N4O5. The summed E-state index contributed by atoms with van der Waals surface area (Å²) in [6.45, 7) is 12.1. The van der Waals surface area contributed by atoms with Crippen molar-refractivity contribution in [3.05, 3.63) is 211 Å². The molecule has 6 aromatic carbocycles. The molecule has 2 N–H and O–H groups in total. The van der Waals surface area contributed by atoms with Gasteiger partial charge in [-0.2, -0.15) is 0 Å². The Labute approximate surface area is 537 Å². The predicted molar refractivity (Wildman–Crippen MR) is 354 cm³/mol. The number of ketones is 2. The minimum Gasteiger partial charge on any atom is -0.412 e. The van der Waals surface area contributed by atoms with Crippen LogP contribution in [0, 0.1) is 10.8 Å². The Balaban J connectivity index is 0.000000263. The minimum absolute atomic E-state index is 0. The van der Waals surface area contributed by atoms with Crippen molar-refractivity contribution < 1.29 is 24.7 Å². The first kappa shape index (κ1) is 69.3. The Kier molecular flexibility index (Phi) is 26.0. The molecule has 2 atom stereocenters. The van der Waals surface area contributed by atoms with Crippen LogP contribution in [0.25, 0.3) is 0 Å². The van der Waals surface area contributed by atoms with Crippen molar-refractivity contribution in [3.8, 4) is 0 Å². The van der Waals surface area contributed by atoms with Gasteiger partial charge in [-0.1, -0.05) is 156 Å². The molecule has 2 unspecified atom stereocenters. The third-order valence-electron chi connectivity index (χ3n) is 19.0. The number of benzene rings is 6. The van der Waals surface area contributed by atoms with Gasteiger partial charge in [0.15, 0.2) is 0 Å². The van der Waals surface area contributed by atoms with Gasteiger partial charge in [-0.3, -0.25) is 19.2 Å². The molecule has 4 heterocycles. The van der Waals surface area contributed by atoms with E-state index in [0.29, 0.717) is 44.7 Å². The number of Topliss-reactive ketones (excluding diaryl/α,β-unsaturated/α-hetero) is 2. The third kappa shape index (κ3) is 17.3. The number of likely N-dealkylation sites (tertiary alicyclic amines) is 4. The first-order valence-corrected chi connectivity index (χ1v) is 31.3. The van der Waals surface area contributed by atoms with Gasteiger partial charge in [0.2, 0.25) is 0 Å². The Bertz CT molecular complexity index is 2900. The molecular weight excluding hydrogens is 1190 g/mol. The summed E-state index contributed by atoms with van der Waals surface area (Å²) in [6.07, 6.45) is 13.1. The molecule has 4 saturated heterocycles. The minimum atomic E-state index is -0.263. The quantitative estimate of drug-likeness (QED) is 0.0847. The number of hydrogen-bond donors (Lipinski definition) is 0. The summed E-state index contributed by atoms with van der Waals surface area (Å²) >= 11 is 25.6. The first-order chi connectivity index (χ1) is 39.6. The van der Waals surface area contributed by atoms with Crippen molar-refractivity contribution in [3.63, 3.8) is 0 Å². The summed E-state index contributed by atoms with van der Waals surface area (Å²) in [5, 5.41) is 2.22. The fourth-order valence-electron chi connectivity index (χ4n) is 13.9. The summed E-state index contributed by atoms with van der Waals surface area (Å²) < 4.78 is 0. The number of rotatable bonds is 18.